The number of carbonyl (C=O) groups excluding carboxylic acids is 2. The molecule has 3 aromatic rings. The van der Waals surface area contributed by atoms with Crippen LogP contribution in [-0.2, 0) is 16.1 Å². The predicted octanol–water partition coefficient (Wildman–Crippen LogP) is 3.76. The normalized spacial score (nSPS) is 11.8. The van der Waals surface area contributed by atoms with E-state index < -0.39 is 17.9 Å². The van der Waals surface area contributed by atoms with Gasteiger partial charge in [0.15, 0.2) is 0 Å². The van der Waals surface area contributed by atoms with Gasteiger partial charge in [0.05, 0.1) is 6.54 Å². The summed E-state index contributed by atoms with van der Waals surface area (Å²) in [6, 6.07) is 11.2. The van der Waals surface area contributed by atoms with Crippen LogP contribution in [0.1, 0.15) is 32.5 Å². The molecule has 1 unspecified atom stereocenters. The Morgan fingerprint density at radius 2 is 1.81 bits per heavy atom. The molecule has 0 saturated heterocycles. The van der Waals surface area contributed by atoms with Crippen molar-refractivity contribution in [3.05, 3.63) is 73.6 Å². The number of aliphatic hydroxyl groups is 1. The molecule has 140 valence electrons. The summed E-state index contributed by atoms with van der Waals surface area (Å²) < 4.78 is 0. The fourth-order valence-electron chi connectivity index (χ4n) is 2.66. The predicted molar refractivity (Wildman–Crippen MR) is 109 cm³/mol. The van der Waals surface area contributed by atoms with Crippen LogP contribution in [0.4, 0.5) is 5.69 Å². The monoisotopic (exact) mass is 400 g/mol. The Labute approximate surface area is 165 Å². The van der Waals surface area contributed by atoms with Crippen LogP contribution in [-0.4, -0.2) is 16.9 Å². The van der Waals surface area contributed by atoms with Gasteiger partial charge in [0.2, 0.25) is 0 Å². The maximum absolute atomic E-state index is 12.1. The molecule has 2 aromatic heterocycles. The summed E-state index contributed by atoms with van der Waals surface area (Å²) in [6.07, 6.45) is -0.668. The SMILES string of the molecule is Cc1cccc(C)c1NC(=O)C(=O)NCc1ccc(C(O)c2ccsc2)s1. The summed E-state index contributed by atoms with van der Waals surface area (Å²) in [5.74, 6) is -1.38. The van der Waals surface area contributed by atoms with Gasteiger partial charge in [-0.25, -0.2) is 0 Å². The van der Waals surface area contributed by atoms with Crippen molar-refractivity contribution in [3.63, 3.8) is 0 Å². The second-order valence-electron chi connectivity index (χ2n) is 6.17. The molecule has 27 heavy (non-hydrogen) atoms. The second-order valence-corrected chi connectivity index (χ2v) is 8.15. The molecule has 2 heterocycles. The first kappa shape index (κ1) is 19.3. The third-order valence-corrected chi connectivity index (χ3v) is 6.00. The molecule has 0 aliphatic heterocycles. The van der Waals surface area contributed by atoms with Crippen LogP contribution in [0, 0.1) is 13.8 Å². The zero-order valence-corrected chi connectivity index (χ0v) is 16.6. The third kappa shape index (κ3) is 4.63. The number of anilines is 1. The molecular weight excluding hydrogens is 380 g/mol. The quantitative estimate of drug-likeness (QED) is 0.571. The topological polar surface area (TPSA) is 78.4 Å². The van der Waals surface area contributed by atoms with Crippen molar-refractivity contribution in [1.29, 1.82) is 0 Å². The molecule has 0 radical (unpaired) electrons. The number of aliphatic hydroxyl groups excluding tert-OH is 1. The highest BCUT2D eigenvalue weighted by atomic mass is 32.1. The van der Waals surface area contributed by atoms with Gasteiger partial charge in [-0.3, -0.25) is 9.59 Å². The van der Waals surface area contributed by atoms with E-state index >= 15 is 0 Å². The molecule has 0 bridgehead atoms. The summed E-state index contributed by atoms with van der Waals surface area (Å²) in [7, 11) is 0. The van der Waals surface area contributed by atoms with Gasteiger partial charge in [0.25, 0.3) is 0 Å². The zero-order chi connectivity index (χ0) is 19.4. The molecule has 1 atom stereocenters. The number of benzene rings is 1. The standard InChI is InChI=1S/C20H20N2O3S2/c1-12-4-3-5-13(2)17(12)22-20(25)19(24)21-10-15-6-7-16(27-15)18(23)14-8-9-26-11-14/h3-9,11,18,23H,10H2,1-2H3,(H,21,24)(H,22,25). The van der Waals surface area contributed by atoms with E-state index in [0.717, 1.165) is 26.4 Å². The lowest BCUT2D eigenvalue weighted by Crippen LogP contribution is -2.35. The number of nitrogens with one attached hydrogen (secondary N) is 2. The summed E-state index contributed by atoms with van der Waals surface area (Å²) >= 11 is 2.94. The van der Waals surface area contributed by atoms with Gasteiger partial charge in [0, 0.05) is 15.4 Å². The number of thiophene rings is 2. The molecule has 1 aromatic carbocycles. The van der Waals surface area contributed by atoms with Gasteiger partial charge in [0.1, 0.15) is 6.10 Å². The van der Waals surface area contributed by atoms with Crippen LogP contribution in [0.25, 0.3) is 0 Å². The number of hydrogen-bond acceptors (Lipinski definition) is 5. The van der Waals surface area contributed by atoms with Crippen molar-refractivity contribution >= 4 is 40.2 Å². The van der Waals surface area contributed by atoms with E-state index in [9.17, 15) is 14.7 Å². The van der Waals surface area contributed by atoms with E-state index in [-0.39, 0.29) is 6.54 Å². The largest absolute Gasteiger partial charge is 0.383 e. The molecule has 5 nitrogen and oxygen atoms in total. The summed E-state index contributed by atoms with van der Waals surface area (Å²) in [5, 5.41) is 19.5. The molecule has 3 N–H and O–H groups in total. The van der Waals surface area contributed by atoms with Crippen molar-refractivity contribution in [2.75, 3.05) is 5.32 Å². The third-order valence-electron chi connectivity index (χ3n) is 4.16. The Morgan fingerprint density at radius 1 is 1.07 bits per heavy atom. The van der Waals surface area contributed by atoms with E-state index in [1.807, 2.05) is 61.0 Å². The van der Waals surface area contributed by atoms with Gasteiger partial charge in [-0.05, 0) is 59.5 Å². The van der Waals surface area contributed by atoms with Crippen LogP contribution in [0.5, 0.6) is 0 Å². The zero-order valence-electron chi connectivity index (χ0n) is 15.0. The fourth-order valence-corrected chi connectivity index (χ4v) is 4.31. The van der Waals surface area contributed by atoms with Crippen molar-refractivity contribution in [3.8, 4) is 0 Å². The summed E-state index contributed by atoms with van der Waals surface area (Å²) in [5.41, 5.74) is 3.32. The number of rotatable bonds is 5. The summed E-state index contributed by atoms with van der Waals surface area (Å²) in [4.78, 5) is 25.9. The molecule has 3 rings (SSSR count). The van der Waals surface area contributed by atoms with Crippen LogP contribution >= 0.6 is 22.7 Å². The first-order valence-electron chi connectivity index (χ1n) is 8.40. The van der Waals surface area contributed by atoms with Crippen LogP contribution < -0.4 is 10.6 Å². The van der Waals surface area contributed by atoms with Gasteiger partial charge < -0.3 is 15.7 Å². The highest BCUT2D eigenvalue weighted by molar-refractivity contribution is 7.12. The minimum absolute atomic E-state index is 0.236. The Bertz CT molecular complexity index is 928. The average molecular weight is 401 g/mol. The Kier molecular flexibility index (Phi) is 6.05. The average Bonchev–Trinajstić information content (AvgIpc) is 3.34. The molecule has 0 saturated carbocycles. The van der Waals surface area contributed by atoms with Crippen molar-refractivity contribution in [2.45, 2.75) is 26.5 Å². The molecule has 0 aliphatic carbocycles. The van der Waals surface area contributed by atoms with Gasteiger partial charge in [-0.15, -0.1) is 11.3 Å². The van der Waals surface area contributed by atoms with Crippen LogP contribution in [0.2, 0.25) is 0 Å². The lowest BCUT2D eigenvalue weighted by Gasteiger charge is -2.11. The molecule has 0 spiro atoms. The van der Waals surface area contributed by atoms with Crippen LogP contribution in [0.3, 0.4) is 0 Å². The number of para-hydroxylation sites is 1. The highest BCUT2D eigenvalue weighted by Crippen LogP contribution is 2.29. The fraction of sp³-hybridized carbons (Fsp3) is 0.200. The number of carbonyl (C=O) groups is 2. The minimum atomic E-state index is -0.692. The van der Waals surface area contributed by atoms with E-state index in [1.54, 1.807) is 0 Å². The molecule has 0 fully saturated rings. The maximum Gasteiger partial charge on any atom is 0.313 e. The first-order chi connectivity index (χ1) is 13.0. The Hall–Kier alpha value is -2.48. The minimum Gasteiger partial charge on any atom is -0.383 e. The lowest BCUT2D eigenvalue weighted by atomic mass is 10.1. The first-order valence-corrected chi connectivity index (χ1v) is 10.2. The van der Waals surface area contributed by atoms with E-state index in [0.29, 0.717) is 5.69 Å². The number of hydrogen-bond donors (Lipinski definition) is 3. The summed E-state index contributed by atoms with van der Waals surface area (Å²) in [6.45, 7) is 4.00. The Morgan fingerprint density at radius 3 is 2.48 bits per heavy atom. The van der Waals surface area contributed by atoms with Gasteiger partial charge in [-0.1, -0.05) is 18.2 Å². The molecular formula is C20H20N2O3S2. The van der Waals surface area contributed by atoms with Crippen LogP contribution in [0.15, 0.2) is 47.2 Å². The van der Waals surface area contributed by atoms with Crippen molar-refractivity contribution < 1.29 is 14.7 Å². The Balaban J connectivity index is 1.57. The maximum atomic E-state index is 12.1. The van der Waals surface area contributed by atoms with Crippen molar-refractivity contribution in [1.82, 2.24) is 5.32 Å². The smallest absolute Gasteiger partial charge is 0.313 e. The van der Waals surface area contributed by atoms with Crippen molar-refractivity contribution in [2.24, 2.45) is 0 Å². The van der Waals surface area contributed by atoms with E-state index in [1.165, 1.54) is 22.7 Å². The second kappa shape index (κ2) is 8.47. The number of amides is 2. The van der Waals surface area contributed by atoms with E-state index in [4.69, 9.17) is 0 Å². The van der Waals surface area contributed by atoms with Gasteiger partial charge >= 0.3 is 11.8 Å². The molecule has 0 aliphatic rings. The van der Waals surface area contributed by atoms with E-state index in [2.05, 4.69) is 10.6 Å². The number of aryl methyl sites for hydroxylation is 2. The highest BCUT2D eigenvalue weighted by Gasteiger charge is 2.17. The van der Waals surface area contributed by atoms with Gasteiger partial charge in [-0.2, -0.15) is 11.3 Å². The molecule has 2 amide bonds. The lowest BCUT2D eigenvalue weighted by molar-refractivity contribution is -0.136. The molecule has 7 heteroatoms.